The lowest BCUT2D eigenvalue weighted by Crippen LogP contribution is -2.39. The number of benzene rings is 2. The van der Waals surface area contributed by atoms with Crippen LogP contribution in [0, 0.1) is 17.8 Å². The highest BCUT2D eigenvalue weighted by molar-refractivity contribution is 6.58. The van der Waals surface area contributed by atoms with Crippen molar-refractivity contribution in [2.45, 2.75) is 32.3 Å². The molecule has 2 heterocycles. The summed E-state index contributed by atoms with van der Waals surface area (Å²) in [5, 5.41) is 51.5. The average molecular weight is 568 g/mol. The van der Waals surface area contributed by atoms with Crippen molar-refractivity contribution in [3.63, 3.8) is 0 Å². The number of fused-ring (bicyclic) bond motifs is 1. The van der Waals surface area contributed by atoms with Crippen LogP contribution < -0.4 is 10.4 Å². The normalized spacial score (nSPS) is 21.5. The largest absolute Gasteiger partial charge is 0.507 e. The molecule has 2 amide bonds. The monoisotopic (exact) mass is 568 g/mol. The van der Waals surface area contributed by atoms with Crippen molar-refractivity contribution in [2.75, 3.05) is 11.5 Å². The molecule has 3 aromatic rings. The first-order chi connectivity index (χ1) is 20.2. The number of nitrogens with zero attached hydrogens (tertiary/aromatic N) is 2. The lowest BCUT2D eigenvalue weighted by Gasteiger charge is -2.35. The Hall–Kier alpha value is -4.09. The van der Waals surface area contributed by atoms with E-state index in [4.69, 9.17) is 0 Å². The smallest absolute Gasteiger partial charge is 0.488 e. The molecular weight excluding hydrogens is 535 g/mol. The molecule has 1 fully saturated rings. The highest BCUT2D eigenvalue weighted by Gasteiger charge is 2.54. The first-order valence-electron chi connectivity index (χ1n) is 13.9. The predicted molar refractivity (Wildman–Crippen MR) is 159 cm³/mol. The number of aliphatic hydroxyl groups excluding tert-OH is 2. The van der Waals surface area contributed by atoms with Crippen LogP contribution in [-0.2, 0) is 9.59 Å². The number of hydrogen-bond acceptors (Lipinski definition) is 8. The number of aliphatic hydroxyl groups is 2. The maximum absolute atomic E-state index is 13.7. The van der Waals surface area contributed by atoms with Crippen LogP contribution in [-0.4, -0.2) is 62.0 Å². The van der Waals surface area contributed by atoms with E-state index in [9.17, 15) is 35.0 Å². The SMILES string of the molecule is CC1=C([C@H](O)CC/C(=C/c2ccccc2O)c2ccccn2)[C@H](CO)[C@@H]2C(=O)N(c3cccc(B(O)O)c3)C(=O)[C@@H]2C1. The molecule has 9 nitrogen and oxygen atoms in total. The van der Waals surface area contributed by atoms with E-state index in [0.717, 1.165) is 16.0 Å². The van der Waals surface area contributed by atoms with Gasteiger partial charge in [0.15, 0.2) is 0 Å². The van der Waals surface area contributed by atoms with E-state index in [0.29, 0.717) is 23.3 Å². The fourth-order valence-corrected chi connectivity index (χ4v) is 6.27. The molecule has 4 atom stereocenters. The van der Waals surface area contributed by atoms with Gasteiger partial charge in [-0.15, -0.1) is 0 Å². The van der Waals surface area contributed by atoms with Gasteiger partial charge in [0.05, 0.1) is 35.9 Å². The molecule has 42 heavy (non-hydrogen) atoms. The Bertz CT molecular complexity index is 1540. The molecule has 1 aliphatic heterocycles. The standard InChI is InChI=1S/C32H33BN2O7/c1-19-15-24-30(32(40)35(31(24)39)23-9-6-8-22(17-23)33(41)42)25(18-36)29(19)28(38)13-12-20(26-10-4-5-14-34-26)16-21-7-2-3-11-27(21)37/h2-11,14,16-17,24-25,28,30,36-38,41-42H,12-13,15,18H2,1H3/b20-16-/t24-,25+,28-,30-/m1/s1. The fourth-order valence-electron chi connectivity index (χ4n) is 6.27. The Labute approximate surface area is 244 Å². The van der Waals surface area contributed by atoms with Gasteiger partial charge in [0.25, 0.3) is 0 Å². The zero-order valence-electron chi connectivity index (χ0n) is 23.2. The number of phenolic OH excluding ortho intramolecular Hbond substituents is 1. The van der Waals surface area contributed by atoms with Crippen molar-refractivity contribution in [1.29, 1.82) is 0 Å². The lowest BCUT2D eigenvalue weighted by atomic mass is 9.68. The van der Waals surface area contributed by atoms with Crippen LogP contribution in [0.15, 0.2) is 84.1 Å². The van der Waals surface area contributed by atoms with Gasteiger partial charge in [0.2, 0.25) is 11.8 Å². The first-order valence-corrected chi connectivity index (χ1v) is 13.9. The van der Waals surface area contributed by atoms with Gasteiger partial charge in [-0.1, -0.05) is 42.0 Å². The van der Waals surface area contributed by atoms with Crippen LogP contribution in [0.25, 0.3) is 11.6 Å². The molecule has 0 radical (unpaired) electrons. The lowest BCUT2D eigenvalue weighted by molar-refractivity contribution is -0.123. The molecule has 0 bridgehead atoms. The Morgan fingerprint density at radius 3 is 2.52 bits per heavy atom. The number of allylic oxidation sites excluding steroid dienone is 2. The van der Waals surface area contributed by atoms with Crippen molar-refractivity contribution >= 4 is 41.7 Å². The number of carbonyl (C=O) groups excluding carboxylic acids is 2. The maximum atomic E-state index is 13.7. The Kier molecular flexibility index (Phi) is 8.70. The summed E-state index contributed by atoms with van der Waals surface area (Å²) in [4.78, 5) is 32.7. The minimum atomic E-state index is -1.76. The summed E-state index contributed by atoms with van der Waals surface area (Å²) in [7, 11) is -1.76. The highest BCUT2D eigenvalue weighted by atomic mass is 16.4. The molecular formula is C32H33BN2O7. The summed E-state index contributed by atoms with van der Waals surface area (Å²) in [5.74, 6) is -3.09. The van der Waals surface area contributed by atoms with Gasteiger partial charge in [-0.3, -0.25) is 19.5 Å². The second-order valence-electron chi connectivity index (χ2n) is 10.8. The molecule has 5 rings (SSSR count). The van der Waals surface area contributed by atoms with Crippen LogP contribution in [0.5, 0.6) is 5.75 Å². The van der Waals surface area contributed by atoms with Crippen LogP contribution in [0.1, 0.15) is 37.4 Å². The number of aromatic hydroxyl groups is 1. The van der Waals surface area contributed by atoms with E-state index in [1.54, 1.807) is 36.5 Å². The third kappa shape index (κ3) is 5.66. The average Bonchev–Trinajstić information content (AvgIpc) is 3.24. The predicted octanol–water partition coefficient (Wildman–Crippen LogP) is 2.28. The molecule has 0 spiro atoms. The molecule has 0 unspecified atom stereocenters. The minimum Gasteiger partial charge on any atom is -0.507 e. The van der Waals surface area contributed by atoms with E-state index in [-0.39, 0.29) is 29.7 Å². The van der Waals surface area contributed by atoms with Crippen LogP contribution in [0.4, 0.5) is 5.69 Å². The highest BCUT2D eigenvalue weighted by Crippen LogP contribution is 2.47. The van der Waals surface area contributed by atoms with Crippen LogP contribution in [0.3, 0.4) is 0 Å². The van der Waals surface area contributed by atoms with Gasteiger partial charge in [-0.05, 0) is 79.2 Å². The number of pyridine rings is 1. The Balaban J connectivity index is 1.41. The third-order valence-corrected chi connectivity index (χ3v) is 8.26. The quantitative estimate of drug-likeness (QED) is 0.150. The fraction of sp³-hybridized carbons (Fsp3) is 0.281. The maximum Gasteiger partial charge on any atom is 0.488 e. The van der Waals surface area contributed by atoms with Gasteiger partial charge in [-0.2, -0.15) is 0 Å². The second-order valence-corrected chi connectivity index (χ2v) is 10.8. The molecule has 2 aromatic carbocycles. The van der Waals surface area contributed by atoms with Crippen molar-refractivity contribution in [3.05, 3.63) is 95.3 Å². The summed E-state index contributed by atoms with van der Waals surface area (Å²) in [6.45, 7) is 1.39. The van der Waals surface area contributed by atoms with Gasteiger partial charge in [0.1, 0.15) is 5.75 Å². The summed E-state index contributed by atoms with van der Waals surface area (Å²) in [6, 6.07) is 18.4. The molecule has 10 heteroatoms. The number of hydrogen-bond donors (Lipinski definition) is 5. The molecule has 2 aliphatic rings. The minimum absolute atomic E-state index is 0.122. The summed E-state index contributed by atoms with van der Waals surface area (Å²) in [5.41, 5.74) is 3.81. The van der Waals surface area contributed by atoms with E-state index in [2.05, 4.69) is 4.98 Å². The number of aromatic nitrogens is 1. The molecule has 216 valence electrons. The topological polar surface area (TPSA) is 151 Å². The number of amides is 2. The Morgan fingerprint density at radius 2 is 1.83 bits per heavy atom. The third-order valence-electron chi connectivity index (χ3n) is 8.26. The summed E-state index contributed by atoms with van der Waals surface area (Å²) >= 11 is 0. The van der Waals surface area contributed by atoms with E-state index < -0.39 is 49.4 Å². The van der Waals surface area contributed by atoms with Crippen molar-refractivity contribution in [2.24, 2.45) is 17.8 Å². The Morgan fingerprint density at radius 1 is 1.07 bits per heavy atom. The number of anilines is 1. The van der Waals surface area contributed by atoms with Crippen molar-refractivity contribution < 1.29 is 35.0 Å². The summed E-state index contributed by atoms with van der Waals surface area (Å²) in [6.07, 6.45) is 3.43. The zero-order chi connectivity index (χ0) is 30.0. The van der Waals surface area contributed by atoms with E-state index >= 15 is 0 Å². The molecule has 1 aliphatic carbocycles. The number of phenols is 1. The van der Waals surface area contributed by atoms with E-state index in [1.807, 2.05) is 31.2 Å². The second kappa shape index (κ2) is 12.4. The molecule has 1 saturated heterocycles. The molecule has 5 N–H and O–H groups in total. The van der Waals surface area contributed by atoms with Gasteiger partial charge >= 0.3 is 7.12 Å². The van der Waals surface area contributed by atoms with E-state index in [1.165, 1.54) is 18.2 Å². The molecule has 0 saturated carbocycles. The number of carbonyl (C=O) groups is 2. The number of rotatable bonds is 9. The van der Waals surface area contributed by atoms with Crippen LogP contribution >= 0.6 is 0 Å². The van der Waals surface area contributed by atoms with Crippen LogP contribution in [0.2, 0.25) is 0 Å². The number of imide groups is 1. The van der Waals surface area contributed by atoms with Crippen molar-refractivity contribution in [1.82, 2.24) is 4.98 Å². The summed E-state index contributed by atoms with van der Waals surface area (Å²) < 4.78 is 0. The number of para-hydroxylation sites is 1. The van der Waals surface area contributed by atoms with Gasteiger partial charge in [-0.25, -0.2) is 0 Å². The zero-order valence-corrected chi connectivity index (χ0v) is 23.2. The van der Waals surface area contributed by atoms with Gasteiger partial charge < -0.3 is 25.4 Å². The van der Waals surface area contributed by atoms with Gasteiger partial charge in [0, 0.05) is 17.7 Å². The first kappa shape index (κ1) is 29.4. The molecule has 1 aromatic heterocycles. The van der Waals surface area contributed by atoms with Crippen molar-refractivity contribution in [3.8, 4) is 5.75 Å².